The lowest BCUT2D eigenvalue weighted by atomic mass is 10.1. The minimum atomic E-state index is -1.13. The second-order valence-corrected chi connectivity index (χ2v) is 5.18. The van der Waals surface area contributed by atoms with Gasteiger partial charge >= 0.3 is 5.97 Å². The highest BCUT2D eigenvalue weighted by atomic mass is 35.5. The molecule has 2 aromatic carbocycles. The highest BCUT2D eigenvalue weighted by Crippen LogP contribution is 2.24. The number of carboxylic acid groups (broad SMARTS) is 1. The van der Waals surface area contributed by atoms with E-state index in [0.29, 0.717) is 16.3 Å². The van der Waals surface area contributed by atoms with E-state index in [2.05, 4.69) is 5.32 Å². The van der Waals surface area contributed by atoms with Gasteiger partial charge in [-0.2, -0.15) is 0 Å². The first-order valence-corrected chi connectivity index (χ1v) is 6.75. The van der Waals surface area contributed by atoms with Gasteiger partial charge in [-0.25, -0.2) is 4.79 Å². The molecule has 0 aliphatic heterocycles. The van der Waals surface area contributed by atoms with E-state index in [1.54, 1.807) is 25.1 Å². The lowest BCUT2D eigenvalue weighted by Crippen LogP contribution is -2.13. The van der Waals surface area contributed by atoms with Crippen molar-refractivity contribution >= 4 is 40.8 Å². The molecule has 0 bridgehead atoms. The minimum Gasteiger partial charge on any atom is -0.478 e. The number of hydrogen-bond acceptors (Lipinski definition) is 2. The highest BCUT2D eigenvalue weighted by molar-refractivity contribution is 6.35. The Kier molecular flexibility index (Phi) is 4.50. The van der Waals surface area contributed by atoms with Crippen LogP contribution in [-0.2, 0) is 0 Å². The Morgan fingerprint density at radius 3 is 2.43 bits per heavy atom. The molecule has 2 rings (SSSR count). The molecule has 0 radical (unpaired) electrons. The zero-order valence-electron chi connectivity index (χ0n) is 11.0. The molecule has 0 unspecified atom stereocenters. The summed E-state index contributed by atoms with van der Waals surface area (Å²) in [6, 6.07) is 9.33. The first-order valence-electron chi connectivity index (χ1n) is 5.99. The van der Waals surface area contributed by atoms with Gasteiger partial charge in [-0.05, 0) is 36.8 Å². The number of rotatable bonds is 3. The van der Waals surface area contributed by atoms with Crippen LogP contribution in [0.2, 0.25) is 10.0 Å². The van der Waals surface area contributed by atoms with Gasteiger partial charge in [0.2, 0.25) is 0 Å². The van der Waals surface area contributed by atoms with Crippen LogP contribution in [0.25, 0.3) is 0 Å². The molecule has 0 aliphatic carbocycles. The maximum atomic E-state index is 12.2. The van der Waals surface area contributed by atoms with Gasteiger partial charge < -0.3 is 10.4 Å². The van der Waals surface area contributed by atoms with Crippen LogP contribution >= 0.6 is 23.2 Å². The van der Waals surface area contributed by atoms with Gasteiger partial charge in [0.1, 0.15) is 0 Å². The van der Waals surface area contributed by atoms with Gasteiger partial charge in [0.15, 0.2) is 0 Å². The van der Waals surface area contributed by atoms with Crippen LogP contribution in [0.3, 0.4) is 0 Å². The van der Waals surface area contributed by atoms with Gasteiger partial charge in [0.25, 0.3) is 5.91 Å². The van der Waals surface area contributed by atoms with Crippen LogP contribution in [0.4, 0.5) is 5.69 Å². The third-order valence-electron chi connectivity index (χ3n) is 2.89. The lowest BCUT2D eigenvalue weighted by Gasteiger charge is -2.09. The van der Waals surface area contributed by atoms with E-state index in [9.17, 15) is 9.59 Å². The molecule has 0 fully saturated rings. The molecule has 108 valence electrons. The molecule has 0 saturated heterocycles. The fourth-order valence-electron chi connectivity index (χ4n) is 1.79. The molecule has 0 atom stereocenters. The van der Waals surface area contributed by atoms with E-state index in [4.69, 9.17) is 28.3 Å². The Hall–Kier alpha value is -2.04. The number of amides is 1. The van der Waals surface area contributed by atoms with E-state index in [1.165, 1.54) is 18.2 Å². The number of aryl methyl sites for hydroxylation is 1. The van der Waals surface area contributed by atoms with Gasteiger partial charge in [-0.1, -0.05) is 35.3 Å². The summed E-state index contributed by atoms with van der Waals surface area (Å²) in [7, 11) is 0. The second kappa shape index (κ2) is 6.16. The maximum absolute atomic E-state index is 12.2. The van der Waals surface area contributed by atoms with E-state index >= 15 is 0 Å². The normalized spacial score (nSPS) is 10.2. The Balaban J connectivity index is 2.26. The molecule has 6 heteroatoms. The van der Waals surface area contributed by atoms with Crippen molar-refractivity contribution in [3.05, 3.63) is 63.1 Å². The molecule has 0 heterocycles. The summed E-state index contributed by atoms with van der Waals surface area (Å²) in [6.07, 6.45) is 0. The topological polar surface area (TPSA) is 66.4 Å². The number of carbonyl (C=O) groups is 2. The first-order chi connectivity index (χ1) is 9.90. The Morgan fingerprint density at radius 1 is 1.10 bits per heavy atom. The minimum absolute atomic E-state index is 0.0248. The molecule has 0 saturated carbocycles. The van der Waals surface area contributed by atoms with Crippen molar-refractivity contribution in [3.8, 4) is 0 Å². The number of carbonyl (C=O) groups excluding carboxylic acids is 1. The maximum Gasteiger partial charge on any atom is 0.337 e. The number of anilines is 1. The van der Waals surface area contributed by atoms with Crippen molar-refractivity contribution in [2.45, 2.75) is 6.92 Å². The number of aromatic carboxylic acids is 1. The Bertz CT molecular complexity index is 729. The lowest BCUT2D eigenvalue weighted by molar-refractivity contribution is 0.0697. The second-order valence-electron chi connectivity index (χ2n) is 4.39. The third kappa shape index (κ3) is 3.35. The molecule has 2 N–H and O–H groups in total. The van der Waals surface area contributed by atoms with Crippen LogP contribution < -0.4 is 5.32 Å². The van der Waals surface area contributed by atoms with Crippen molar-refractivity contribution in [2.24, 2.45) is 0 Å². The summed E-state index contributed by atoms with van der Waals surface area (Å²) in [5.74, 6) is -1.51. The zero-order valence-corrected chi connectivity index (χ0v) is 12.5. The average Bonchev–Trinajstić information content (AvgIpc) is 2.41. The van der Waals surface area contributed by atoms with Crippen molar-refractivity contribution in [3.63, 3.8) is 0 Å². The summed E-state index contributed by atoms with van der Waals surface area (Å²) in [5, 5.41) is 12.0. The van der Waals surface area contributed by atoms with Crippen LogP contribution in [0.15, 0.2) is 36.4 Å². The van der Waals surface area contributed by atoms with Crippen LogP contribution in [0.5, 0.6) is 0 Å². The van der Waals surface area contributed by atoms with Crippen LogP contribution in [-0.4, -0.2) is 17.0 Å². The summed E-state index contributed by atoms with van der Waals surface area (Å²) in [5.41, 5.74) is 1.51. The largest absolute Gasteiger partial charge is 0.478 e. The predicted octanol–water partition coefficient (Wildman–Crippen LogP) is 4.25. The average molecular weight is 324 g/mol. The molecule has 1 amide bonds. The third-order valence-corrected chi connectivity index (χ3v) is 3.71. The van der Waals surface area contributed by atoms with Gasteiger partial charge in [-0.3, -0.25) is 4.79 Å². The Labute approximate surface area is 131 Å². The Morgan fingerprint density at radius 2 is 1.81 bits per heavy atom. The van der Waals surface area contributed by atoms with Crippen LogP contribution in [0.1, 0.15) is 26.3 Å². The number of nitrogens with one attached hydrogen (secondary N) is 1. The fourth-order valence-corrected chi connectivity index (χ4v) is 2.26. The van der Waals surface area contributed by atoms with Gasteiger partial charge in [0.05, 0.1) is 21.2 Å². The number of halogens is 2. The van der Waals surface area contributed by atoms with Crippen molar-refractivity contribution < 1.29 is 14.7 Å². The molecular formula is C15H11Cl2NO3. The van der Waals surface area contributed by atoms with Crippen molar-refractivity contribution in [1.29, 1.82) is 0 Å². The first kappa shape index (κ1) is 15.4. The summed E-state index contributed by atoms with van der Waals surface area (Å²) in [6.45, 7) is 1.80. The molecular weight excluding hydrogens is 313 g/mol. The summed E-state index contributed by atoms with van der Waals surface area (Å²) in [4.78, 5) is 23.0. The smallest absolute Gasteiger partial charge is 0.337 e. The van der Waals surface area contributed by atoms with E-state index in [0.717, 1.165) is 5.56 Å². The predicted molar refractivity (Wildman–Crippen MR) is 82.6 cm³/mol. The van der Waals surface area contributed by atoms with E-state index in [-0.39, 0.29) is 16.5 Å². The monoisotopic (exact) mass is 323 g/mol. The number of benzene rings is 2. The fraction of sp³-hybridized carbons (Fsp3) is 0.0667. The van der Waals surface area contributed by atoms with Gasteiger partial charge in [0, 0.05) is 5.69 Å². The summed E-state index contributed by atoms with van der Waals surface area (Å²) >= 11 is 11.9. The van der Waals surface area contributed by atoms with Gasteiger partial charge in [-0.15, -0.1) is 0 Å². The molecule has 21 heavy (non-hydrogen) atoms. The SMILES string of the molecule is Cc1cccc(C(=O)Nc2ccc(C(=O)O)c(Cl)c2)c1Cl. The standard InChI is InChI=1S/C15H11Cl2NO3/c1-8-3-2-4-11(13(8)17)14(19)18-9-5-6-10(15(20)21)12(16)7-9/h2-7H,1H3,(H,18,19)(H,20,21). The molecule has 4 nitrogen and oxygen atoms in total. The van der Waals surface area contributed by atoms with Crippen LogP contribution in [0, 0.1) is 6.92 Å². The number of hydrogen-bond donors (Lipinski definition) is 2. The molecule has 2 aromatic rings. The zero-order chi connectivity index (χ0) is 15.6. The number of carboxylic acids is 1. The van der Waals surface area contributed by atoms with Crippen molar-refractivity contribution in [1.82, 2.24) is 0 Å². The van der Waals surface area contributed by atoms with Crippen molar-refractivity contribution in [2.75, 3.05) is 5.32 Å². The highest BCUT2D eigenvalue weighted by Gasteiger charge is 2.14. The quantitative estimate of drug-likeness (QED) is 0.887. The van der Waals surface area contributed by atoms with E-state index < -0.39 is 5.97 Å². The van der Waals surface area contributed by atoms with E-state index in [1.807, 2.05) is 0 Å². The molecule has 0 aromatic heterocycles. The molecule has 0 aliphatic rings. The summed E-state index contributed by atoms with van der Waals surface area (Å²) < 4.78 is 0. The molecule has 0 spiro atoms.